The minimum Gasteiger partial charge on any atom is -0.465 e. The van der Waals surface area contributed by atoms with Crippen molar-refractivity contribution in [2.45, 2.75) is 18.9 Å². The van der Waals surface area contributed by atoms with Gasteiger partial charge in [-0.2, -0.15) is 13.2 Å². The number of alkyl halides is 3. The van der Waals surface area contributed by atoms with Gasteiger partial charge in [0.25, 0.3) is 0 Å². The van der Waals surface area contributed by atoms with Gasteiger partial charge in [-0.25, -0.2) is 4.79 Å². The average Bonchev–Trinajstić information content (AvgIpc) is 2.44. The summed E-state index contributed by atoms with van der Waals surface area (Å²) in [6, 6.07) is 3.19. The Hall–Kier alpha value is -1.60. The summed E-state index contributed by atoms with van der Waals surface area (Å²) < 4.78 is 53.6. The Labute approximate surface area is 114 Å². The Kier molecular flexibility index (Phi) is 4.77. The second-order valence-electron chi connectivity index (χ2n) is 4.10. The molecule has 0 N–H and O–H groups in total. The van der Waals surface area contributed by atoms with Crippen molar-refractivity contribution in [2.75, 3.05) is 21.3 Å². The van der Waals surface area contributed by atoms with E-state index in [1.54, 1.807) is 0 Å². The van der Waals surface area contributed by atoms with Crippen LogP contribution in [0.4, 0.5) is 13.2 Å². The molecule has 0 saturated carbocycles. The number of rotatable bonds is 4. The molecule has 0 unspecified atom stereocenters. The normalized spacial score (nSPS) is 12.3. The van der Waals surface area contributed by atoms with Crippen LogP contribution >= 0.6 is 0 Å². The lowest BCUT2D eigenvalue weighted by atomic mass is 9.99. The van der Waals surface area contributed by atoms with Crippen LogP contribution in [-0.2, 0) is 26.2 Å². The van der Waals surface area contributed by atoms with Gasteiger partial charge in [0.1, 0.15) is 0 Å². The first-order chi connectivity index (χ1) is 9.19. The molecule has 20 heavy (non-hydrogen) atoms. The monoisotopic (exact) mass is 292 g/mol. The number of hydrogen-bond donors (Lipinski definition) is 0. The fraction of sp³-hybridized carbons (Fsp3) is 0.462. The predicted molar refractivity (Wildman–Crippen MR) is 64.2 cm³/mol. The fourth-order valence-electron chi connectivity index (χ4n) is 1.67. The summed E-state index contributed by atoms with van der Waals surface area (Å²) >= 11 is 0. The number of halogens is 3. The third-order valence-corrected chi connectivity index (χ3v) is 3.03. The van der Waals surface area contributed by atoms with Gasteiger partial charge in [-0.3, -0.25) is 0 Å². The van der Waals surface area contributed by atoms with Gasteiger partial charge in [-0.1, -0.05) is 6.07 Å². The molecular formula is C13H15F3O4. The molecule has 0 heterocycles. The zero-order valence-corrected chi connectivity index (χ0v) is 11.5. The van der Waals surface area contributed by atoms with Gasteiger partial charge in [0.05, 0.1) is 18.2 Å². The van der Waals surface area contributed by atoms with E-state index >= 15 is 0 Å². The van der Waals surface area contributed by atoms with Gasteiger partial charge in [0.2, 0.25) is 0 Å². The lowest BCUT2D eigenvalue weighted by Crippen LogP contribution is -2.27. The minimum atomic E-state index is -4.69. The molecule has 0 saturated heterocycles. The van der Waals surface area contributed by atoms with Crippen molar-refractivity contribution in [1.29, 1.82) is 0 Å². The maximum atomic E-state index is 13.0. The van der Waals surface area contributed by atoms with Crippen LogP contribution in [0.3, 0.4) is 0 Å². The predicted octanol–water partition coefficient (Wildman–Crippen LogP) is 2.96. The number of carbonyl (C=O) groups is 1. The van der Waals surface area contributed by atoms with Crippen molar-refractivity contribution >= 4 is 5.97 Å². The summed E-state index contributed by atoms with van der Waals surface area (Å²) in [5.41, 5.74) is -1.51. The van der Waals surface area contributed by atoms with E-state index in [9.17, 15) is 18.0 Å². The van der Waals surface area contributed by atoms with Crippen molar-refractivity contribution in [1.82, 2.24) is 0 Å². The summed E-state index contributed by atoms with van der Waals surface area (Å²) in [4.78, 5) is 11.4. The summed E-state index contributed by atoms with van der Waals surface area (Å²) in [7, 11) is 3.64. The van der Waals surface area contributed by atoms with Crippen molar-refractivity contribution in [2.24, 2.45) is 0 Å². The number of esters is 1. The van der Waals surface area contributed by atoms with Crippen LogP contribution in [0.5, 0.6) is 0 Å². The molecule has 0 aromatic heterocycles. The molecule has 1 aromatic carbocycles. The first-order valence-corrected chi connectivity index (χ1v) is 5.60. The maximum Gasteiger partial charge on any atom is 0.417 e. The van der Waals surface area contributed by atoms with Crippen molar-refractivity contribution < 1.29 is 32.2 Å². The Morgan fingerprint density at radius 1 is 1.10 bits per heavy atom. The molecule has 0 aliphatic carbocycles. The number of methoxy groups -OCH3 is 3. The molecular weight excluding hydrogens is 277 g/mol. The molecule has 0 aliphatic heterocycles. The second-order valence-corrected chi connectivity index (χ2v) is 4.10. The van der Waals surface area contributed by atoms with Crippen LogP contribution in [0.1, 0.15) is 28.4 Å². The molecule has 1 rings (SSSR count). The quantitative estimate of drug-likeness (QED) is 0.632. The highest BCUT2D eigenvalue weighted by Crippen LogP contribution is 2.36. The Morgan fingerprint density at radius 2 is 1.65 bits per heavy atom. The van der Waals surface area contributed by atoms with E-state index in [0.717, 1.165) is 19.2 Å². The molecule has 0 spiro atoms. The lowest BCUT2D eigenvalue weighted by molar-refractivity contribution is -0.202. The van der Waals surface area contributed by atoms with E-state index in [-0.39, 0.29) is 5.56 Å². The highest BCUT2D eigenvalue weighted by atomic mass is 19.4. The molecule has 112 valence electrons. The molecule has 1 aromatic rings. The number of hydrogen-bond acceptors (Lipinski definition) is 4. The number of carbonyl (C=O) groups excluding carboxylic acids is 1. The highest BCUT2D eigenvalue weighted by Gasteiger charge is 2.38. The van der Waals surface area contributed by atoms with Gasteiger partial charge in [0, 0.05) is 19.8 Å². The van der Waals surface area contributed by atoms with Crippen LogP contribution in [0, 0.1) is 0 Å². The lowest BCUT2D eigenvalue weighted by Gasteiger charge is -2.27. The third kappa shape index (κ3) is 3.10. The molecule has 0 bridgehead atoms. The van der Waals surface area contributed by atoms with E-state index in [2.05, 4.69) is 4.74 Å². The van der Waals surface area contributed by atoms with Crippen LogP contribution in [0.25, 0.3) is 0 Å². The first kappa shape index (κ1) is 16.5. The van der Waals surface area contributed by atoms with E-state index in [1.807, 2.05) is 0 Å². The van der Waals surface area contributed by atoms with Crippen LogP contribution in [0.2, 0.25) is 0 Å². The fourth-order valence-corrected chi connectivity index (χ4v) is 1.67. The minimum absolute atomic E-state index is 0.141. The van der Waals surface area contributed by atoms with Crippen LogP contribution in [0.15, 0.2) is 18.2 Å². The smallest absolute Gasteiger partial charge is 0.417 e. The molecule has 7 heteroatoms. The summed E-state index contributed by atoms with van der Waals surface area (Å²) in [5, 5.41) is 0. The van der Waals surface area contributed by atoms with Gasteiger partial charge < -0.3 is 14.2 Å². The van der Waals surface area contributed by atoms with E-state index in [1.165, 1.54) is 27.2 Å². The van der Waals surface area contributed by atoms with E-state index in [0.29, 0.717) is 0 Å². The summed E-state index contributed by atoms with van der Waals surface area (Å²) in [5.74, 6) is -2.39. The van der Waals surface area contributed by atoms with Crippen molar-refractivity contribution in [3.63, 3.8) is 0 Å². The zero-order chi connectivity index (χ0) is 15.6. The zero-order valence-electron chi connectivity index (χ0n) is 11.5. The molecule has 4 nitrogen and oxygen atoms in total. The van der Waals surface area contributed by atoms with Gasteiger partial charge >= 0.3 is 12.1 Å². The Morgan fingerprint density at radius 3 is 2.05 bits per heavy atom. The maximum absolute atomic E-state index is 13.0. The van der Waals surface area contributed by atoms with Gasteiger partial charge in [-0.15, -0.1) is 0 Å². The summed E-state index contributed by atoms with van der Waals surface area (Å²) in [6.45, 7) is 1.47. The molecule has 0 amide bonds. The van der Waals surface area contributed by atoms with Crippen LogP contribution in [-0.4, -0.2) is 27.3 Å². The number of benzene rings is 1. The second kappa shape index (κ2) is 5.80. The highest BCUT2D eigenvalue weighted by molar-refractivity contribution is 5.91. The van der Waals surface area contributed by atoms with E-state index < -0.39 is 29.1 Å². The molecule has 0 fully saturated rings. The van der Waals surface area contributed by atoms with Crippen molar-refractivity contribution in [3.05, 3.63) is 34.9 Å². The number of ether oxygens (including phenoxy) is 3. The topological polar surface area (TPSA) is 44.8 Å². The standard InChI is InChI=1S/C13H15F3O4/c1-12(19-3,20-4)8-5-6-9(11(17)18-2)10(7-8)13(14,15)16/h5-7H,1-4H3. The molecule has 0 atom stereocenters. The third-order valence-electron chi connectivity index (χ3n) is 3.03. The molecule has 0 radical (unpaired) electrons. The average molecular weight is 292 g/mol. The first-order valence-electron chi connectivity index (χ1n) is 5.60. The van der Waals surface area contributed by atoms with Gasteiger partial charge in [-0.05, 0) is 19.1 Å². The summed E-state index contributed by atoms with van der Waals surface area (Å²) in [6.07, 6.45) is -4.69. The van der Waals surface area contributed by atoms with E-state index in [4.69, 9.17) is 9.47 Å². The Bertz CT molecular complexity index is 493. The van der Waals surface area contributed by atoms with Crippen LogP contribution < -0.4 is 0 Å². The molecule has 0 aliphatic rings. The van der Waals surface area contributed by atoms with Gasteiger partial charge in [0.15, 0.2) is 5.79 Å². The van der Waals surface area contributed by atoms with Crippen molar-refractivity contribution in [3.8, 4) is 0 Å². The largest absolute Gasteiger partial charge is 0.465 e. The SMILES string of the molecule is COC(=O)c1ccc(C(C)(OC)OC)cc1C(F)(F)F. The Balaban J connectivity index is 3.47.